The van der Waals surface area contributed by atoms with Gasteiger partial charge in [0.2, 0.25) is 0 Å². The lowest BCUT2D eigenvalue weighted by molar-refractivity contribution is 0.318. The molecule has 0 aromatic heterocycles. The number of oxime groups is 1. The van der Waals surface area contributed by atoms with E-state index >= 15 is 0 Å². The van der Waals surface area contributed by atoms with Crippen molar-refractivity contribution in [2.45, 2.75) is 9.79 Å². The molecule has 0 saturated carbocycles. The van der Waals surface area contributed by atoms with Gasteiger partial charge in [-0.2, -0.15) is 0 Å². The van der Waals surface area contributed by atoms with E-state index in [0.29, 0.717) is 15.5 Å². The molecular weight excluding hydrogens is 287 g/mol. The molecule has 3 nitrogen and oxygen atoms in total. The van der Waals surface area contributed by atoms with Crippen molar-refractivity contribution in [1.29, 1.82) is 0 Å². The summed E-state index contributed by atoms with van der Waals surface area (Å²) in [6.45, 7) is 0. The van der Waals surface area contributed by atoms with Crippen molar-refractivity contribution in [1.82, 2.24) is 0 Å². The molecular formula is C13H10ClFN2OS. The number of halogens is 2. The Labute approximate surface area is 118 Å². The summed E-state index contributed by atoms with van der Waals surface area (Å²) in [5.74, 6) is -0.581. The highest BCUT2D eigenvalue weighted by atomic mass is 35.5. The summed E-state index contributed by atoms with van der Waals surface area (Å²) < 4.78 is 13.9. The molecule has 0 atom stereocenters. The molecule has 0 fully saturated rings. The molecule has 0 aliphatic rings. The Balaban J connectivity index is 2.30. The van der Waals surface area contributed by atoms with Gasteiger partial charge >= 0.3 is 0 Å². The zero-order valence-corrected chi connectivity index (χ0v) is 11.2. The minimum atomic E-state index is -0.450. The normalized spacial score (nSPS) is 11.6. The minimum Gasteiger partial charge on any atom is -0.409 e. The number of hydrogen-bond acceptors (Lipinski definition) is 3. The van der Waals surface area contributed by atoms with Gasteiger partial charge in [-0.05, 0) is 30.3 Å². The molecule has 0 unspecified atom stereocenters. The van der Waals surface area contributed by atoms with Gasteiger partial charge in [0.15, 0.2) is 5.84 Å². The third-order valence-corrected chi connectivity index (χ3v) is 3.96. The predicted octanol–water partition coefficient (Wildman–Crippen LogP) is 3.72. The molecule has 0 saturated heterocycles. The molecule has 0 spiro atoms. The van der Waals surface area contributed by atoms with E-state index in [0.717, 1.165) is 4.90 Å². The van der Waals surface area contributed by atoms with Crippen LogP contribution in [0.1, 0.15) is 5.56 Å². The van der Waals surface area contributed by atoms with E-state index in [2.05, 4.69) is 5.16 Å². The summed E-state index contributed by atoms with van der Waals surface area (Å²) in [4.78, 5) is 1.18. The van der Waals surface area contributed by atoms with Crippen molar-refractivity contribution in [2.75, 3.05) is 0 Å². The van der Waals surface area contributed by atoms with Gasteiger partial charge in [0, 0.05) is 15.4 Å². The molecule has 2 aromatic rings. The maximum atomic E-state index is 13.9. The standard InChI is InChI=1S/C13H10ClFN2OS/c14-9-3-1-2-4-11(9)19-12-6-5-8(7-10(12)15)13(16)17-18/h1-7,18H,(H2,16,17). The van der Waals surface area contributed by atoms with Crippen LogP contribution in [-0.4, -0.2) is 11.0 Å². The Hall–Kier alpha value is -1.72. The molecule has 2 aromatic carbocycles. The van der Waals surface area contributed by atoms with Crippen molar-refractivity contribution in [2.24, 2.45) is 10.9 Å². The lowest BCUT2D eigenvalue weighted by Gasteiger charge is -2.06. The largest absolute Gasteiger partial charge is 0.409 e. The number of benzene rings is 2. The monoisotopic (exact) mass is 296 g/mol. The van der Waals surface area contributed by atoms with E-state index < -0.39 is 5.82 Å². The van der Waals surface area contributed by atoms with E-state index in [4.69, 9.17) is 22.5 Å². The van der Waals surface area contributed by atoms with Crippen LogP contribution in [0, 0.1) is 5.82 Å². The smallest absolute Gasteiger partial charge is 0.170 e. The first-order valence-electron chi connectivity index (χ1n) is 5.31. The van der Waals surface area contributed by atoms with Crippen LogP contribution < -0.4 is 5.73 Å². The average molecular weight is 297 g/mol. The zero-order chi connectivity index (χ0) is 13.8. The van der Waals surface area contributed by atoms with E-state index in [1.807, 2.05) is 18.2 Å². The summed E-state index contributed by atoms with van der Waals surface area (Å²) in [6, 6.07) is 11.6. The topological polar surface area (TPSA) is 58.6 Å². The Kier molecular flexibility index (Phi) is 4.29. The van der Waals surface area contributed by atoms with Gasteiger partial charge in [0.1, 0.15) is 5.82 Å². The Morgan fingerprint density at radius 1 is 1.21 bits per heavy atom. The summed E-state index contributed by atoms with van der Waals surface area (Å²) in [6.07, 6.45) is 0. The fraction of sp³-hybridized carbons (Fsp3) is 0. The van der Waals surface area contributed by atoms with Crippen molar-refractivity contribution >= 4 is 29.2 Å². The quantitative estimate of drug-likeness (QED) is 0.393. The molecule has 3 N–H and O–H groups in total. The van der Waals surface area contributed by atoms with Gasteiger partial charge in [-0.25, -0.2) is 4.39 Å². The Morgan fingerprint density at radius 2 is 1.95 bits per heavy atom. The van der Waals surface area contributed by atoms with Crippen molar-refractivity contribution in [3.63, 3.8) is 0 Å². The van der Waals surface area contributed by atoms with Gasteiger partial charge in [-0.1, -0.05) is 40.7 Å². The Bertz CT molecular complexity index is 634. The van der Waals surface area contributed by atoms with E-state index in [1.165, 1.54) is 17.8 Å². The maximum Gasteiger partial charge on any atom is 0.170 e. The number of nitrogens with two attached hydrogens (primary N) is 1. The molecule has 0 aliphatic carbocycles. The maximum absolute atomic E-state index is 13.9. The number of hydrogen-bond donors (Lipinski definition) is 2. The number of nitrogens with zero attached hydrogens (tertiary/aromatic N) is 1. The van der Waals surface area contributed by atoms with E-state index in [9.17, 15) is 4.39 Å². The van der Waals surface area contributed by atoms with Crippen LogP contribution >= 0.6 is 23.4 Å². The fourth-order valence-electron chi connectivity index (χ4n) is 1.45. The van der Waals surface area contributed by atoms with Crippen molar-refractivity contribution in [3.05, 3.63) is 58.9 Å². The predicted molar refractivity (Wildman–Crippen MR) is 74.5 cm³/mol. The summed E-state index contributed by atoms with van der Waals surface area (Å²) in [5, 5.41) is 11.9. The lowest BCUT2D eigenvalue weighted by Crippen LogP contribution is -2.13. The second-order valence-corrected chi connectivity index (χ2v) is 5.15. The van der Waals surface area contributed by atoms with E-state index in [1.54, 1.807) is 18.2 Å². The highest BCUT2D eigenvalue weighted by Gasteiger charge is 2.09. The molecule has 98 valence electrons. The first kappa shape index (κ1) is 13.7. The van der Waals surface area contributed by atoms with Gasteiger partial charge < -0.3 is 10.9 Å². The second kappa shape index (κ2) is 5.95. The van der Waals surface area contributed by atoms with E-state index in [-0.39, 0.29) is 5.84 Å². The first-order chi connectivity index (χ1) is 9.11. The van der Waals surface area contributed by atoms with Gasteiger partial charge in [0.05, 0.1) is 5.02 Å². The SMILES string of the molecule is N/C(=N\O)c1ccc(Sc2ccccc2Cl)c(F)c1. The minimum absolute atomic E-state index is 0.131. The summed E-state index contributed by atoms with van der Waals surface area (Å²) in [7, 11) is 0. The molecule has 2 rings (SSSR count). The van der Waals surface area contributed by atoms with Crippen LogP contribution in [0.15, 0.2) is 57.4 Å². The summed E-state index contributed by atoms with van der Waals surface area (Å²) in [5.41, 5.74) is 5.72. The highest BCUT2D eigenvalue weighted by Crippen LogP contribution is 2.34. The van der Waals surface area contributed by atoms with Gasteiger partial charge in [-0.15, -0.1) is 0 Å². The number of amidine groups is 1. The molecule has 19 heavy (non-hydrogen) atoms. The zero-order valence-electron chi connectivity index (χ0n) is 9.68. The van der Waals surface area contributed by atoms with Crippen molar-refractivity contribution < 1.29 is 9.60 Å². The highest BCUT2D eigenvalue weighted by molar-refractivity contribution is 7.99. The third-order valence-electron chi connectivity index (χ3n) is 2.39. The number of rotatable bonds is 3. The van der Waals surface area contributed by atoms with Gasteiger partial charge in [0.25, 0.3) is 0 Å². The Morgan fingerprint density at radius 3 is 2.58 bits per heavy atom. The molecule has 0 heterocycles. The van der Waals surface area contributed by atoms with Crippen molar-refractivity contribution in [3.8, 4) is 0 Å². The molecule has 0 aliphatic heterocycles. The first-order valence-corrected chi connectivity index (χ1v) is 6.51. The lowest BCUT2D eigenvalue weighted by atomic mass is 10.2. The third kappa shape index (κ3) is 3.19. The molecule has 0 bridgehead atoms. The van der Waals surface area contributed by atoms with Crippen LogP contribution in [0.5, 0.6) is 0 Å². The van der Waals surface area contributed by atoms with Crippen LogP contribution in [0.4, 0.5) is 4.39 Å². The molecule has 6 heteroatoms. The second-order valence-electron chi connectivity index (χ2n) is 3.66. The summed E-state index contributed by atoms with van der Waals surface area (Å²) >= 11 is 7.23. The van der Waals surface area contributed by atoms with Crippen LogP contribution in [-0.2, 0) is 0 Å². The molecule has 0 amide bonds. The van der Waals surface area contributed by atoms with Crippen LogP contribution in [0.25, 0.3) is 0 Å². The van der Waals surface area contributed by atoms with Crippen LogP contribution in [0.3, 0.4) is 0 Å². The van der Waals surface area contributed by atoms with Gasteiger partial charge in [-0.3, -0.25) is 0 Å². The molecule has 0 radical (unpaired) electrons. The average Bonchev–Trinajstić information content (AvgIpc) is 2.42. The fourth-order valence-corrected chi connectivity index (χ4v) is 2.54. The van der Waals surface area contributed by atoms with Crippen LogP contribution in [0.2, 0.25) is 5.02 Å².